The summed E-state index contributed by atoms with van der Waals surface area (Å²) in [5.41, 5.74) is -0.524. The Morgan fingerprint density at radius 2 is 1.52 bits per heavy atom. The SMILES string of the molecule is C=C(Nc1cc(C(F)(F)F)cc(C(F)(F)F)c1)N(Cc1ccc(C(=O)Nc2nn[nH]n2)cc1)c1ccc(C2CCCCC2)cc1.CO[NH3+]. The van der Waals surface area contributed by atoms with Gasteiger partial charge in [-0.05, 0) is 77.6 Å². The predicted octanol–water partition coefficient (Wildman–Crippen LogP) is 6.92. The summed E-state index contributed by atoms with van der Waals surface area (Å²) in [6.07, 6.45) is -4.31. The van der Waals surface area contributed by atoms with Crippen LogP contribution < -0.4 is 21.4 Å². The number of aromatic nitrogens is 4. The van der Waals surface area contributed by atoms with E-state index in [-0.39, 0.29) is 24.4 Å². The molecule has 0 atom stereocenters. The molecule has 4 aromatic rings. The maximum absolute atomic E-state index is 13.5. The van der Waals surface area contributed by atoms with Gasteiger partial charge in [-0.3, -0.25) is 10.1 Å². The van der Waals surface area contributed by atoms with E-state index in [4.69, 9.17) is 0 Å². The number of H-pyrrole nitrogens is 1. The van der Waals surface area contributed by atoms with Crippen LogP contribution in [0.5, 0.6) is 0 Å². The second-order valence-electron chi connectivity index (χ2n) is 11.1. The maximum Gasteiger partial charge on any atom is 0.416 e. The van der Waals surface area contributed by atoms with Crippen LogP contribution in [0.15, 0.2) is 79.1 Å². The van der Waals surface area contributed by atoms with Gasteiger partial charge < -0.3 is 10.2 Å². The number of amides is 1. The maximum atomic E-state index is 13.5. The molecule has 1 amide bonds. The molecule has 16 heteroatoms. The molecule has 0 saturated heterocycles. The van der Waals surface area contributed by atoms with E-state index in [1.807, 2.05) is 24.3 Å². The fraction of sp³-hybridized carbons (Fsp3) is 0.312. The summed E-state index contributed by atoms with van der Waals surface area (Å²) in [5.74, 6) is 2.98. The molecule has 0 aliphatic heterocycles. The average Bonchev–Trinajstić information content (AvgIpc) is 3.57. The van der Waals surface area contributed by atoms with Crippen molar-refractivity contribution in [1.82, 2.24) is 20.6 Å². The van der Waals surface area contributed by atoms with Gasteiger partial charge in [0.05, 0.1) is 18.2 Å². The Hall–Kier alpha value is -4.96. The van der Waals surface area contributed by atoms with Crippen LogP contribution in [0.4, 0.5) is 43.7 Å². The summed E-state index contributed by atoms with van der Waals surface area (Å²) in [5, 5.41) is 18.1. The van der Waals surface area contributed by atoms with Crippen molar-refractivity contribution in [2.24, 2.45) is 0 Å². The van der Waals surface area contributed by atoms with Gasteiger partial charge in [0, 0.05) is 23.5 Å². The van der Waals surface area contributed by atoms with Gasteiger partial charge in [-0.2, -0.15) is 31.6 Å². The fourth-order valence-electron chi connectivity index (χ4n) is 5.30. The van der Waals surface area contributed by atoms with Crippen molar-refractivity contribution in [3.63, 3.8) is 0 Å². The van der Waals surface area contributed by atoms with Crippen LogP contribution in [-0.2, 0) is 23.7 Å². The number of quaternary nitrogens is 1. The van der Waals surface area contributed by atoms with Crippen molar-refractivity contribution in [2.75, 3.05) is 22.6 Å². The van der Waals surface area contributed by atoms with Gasteiger partial charge in [-0.15, -0.1) is 5.10 Å². The standard InChI is InChI=1S/C31H29F6N7O.CH6NO/c1-19(38-26-16-24(30(32,33)34)15-25(17-26)31(35,36)37)44(27-13-11-22(12-14-27)21-5-3-2-4-6-21)18-20-7-9-23(10-8-20)28(45)39-29-40-42-43-41-29;1-3-2/h7-17,21,38H,1-6,18H2,(H2,39,40,41,42,43,45);1-2H3/q;+1. The normalized spacial score (nSPS) is 13.7. The monoisotopic (exact) mass is 677 g/mol. The molecule has 5 rings (SSSR count). The lowest BCUT2D eigenvalue weighted by atomic mass is 9.84. The van der Waals surface area contributed by atoms with Crippen LogP contribution >= 0.6 is 0 Å². The Bertz CT molecular complexity index is 1610. The molecule has 1 heterocycles. The van der Waals surface area contributed by atoms with E-state index in [0.29, 0.717) is 34.9 Å². The Kier molecular flexibility index (Phi) is 11.8. The van der Waals surface area contributed by atoms with E-state index in [2.05, 4.69) is 48.6 Å². The third-order valence-electron chi connectivity index (χ3n) is 7.61. The zero-order valence-electron chi connectivity index (χ0n) is 26.0. The van der Waals surface area contributed by atoms with Crippen LogP contribution in [0.3, 0.4) is 0 Å². The Morgan fingerprint density at radius 1 is 0.938 bits per heavy atom. The van der Waals surface area contributed by atoms with Crippen LogP contribution in [0.25, 0.3) is 0 Å². The number of anilines is 3. The molecule has 0 spiro atoms. The molecule has 256 valence electrons. The predicted molar refractivity (Wildman–Crippen MR) is 166 cm³/mol. The van der Waals surface area contributed by atoms with Crippen molar-refractivity contribution in [1.29, 1.82) is 0 Å². The zero-order chi connectivity index (χ0) is 34.9. The molecule has 1 aliphatic carbocycles. The van der Waals surface area contributed by atoms with E-state index >= 15 is 0 Å². The first-order valence-electron chi connectivity index (χ1n) is 14.8. The lowest BCUT2D eigenvalue weighted by Crippen LogP contribution is -2.46. The quantitative estimate of drug-likeness (QED) is 0.112. The molecule has 1 fully saturated rings. The van der Waals surface area contributed by atoms with Gasteiger partial charge in [0.15, 0.2) is 0 Å². The van der Waals surface area contributed by atoms with E-state index in [1.165, 1.54) is 19.1 Å². The number of nitrogens with zero attached hydrogens (tertiary/aromatic N) is 4. The van der Waals surface area contributed by atoms with E-state index < -0.39 is 35.1 Å². The highest BCUT2D eigenvalue weighted by atomic mass is 19.4. The Balaban J connectivity index is 0.00000167. The first kappa shape index (κ1) is 35.9. The second kappa shape index (κ2) is 15.8. The van der Waals surface area contributed by atoms with E-state index in [9.17, 15) is 31.1 Å². The zero-order valence-corrected chi connectivity index (χ0v) is 26.0. The number of aromatic amines is 1. The number of alkyl halides is 6. The van der Waals surface area contributed by atoms with Gasteiger partial charge in [-0.1, -0.05) is 55.2 Å². The van der Waals surface area contributed by atoms with Gasteiger partial charge >= 0.3 is 12.4 Å². The minimum atomic E-state index is -4.99. The minimum absolute atomic E-state index is 0.00225. The van der Waals surface area contributed by atoms with Crippen molar-refractivity contribution >= 4 is 23.2 Å². The molecular weight excluding hydrogens is 642 g/mol. The van der Waals surface area contributed by atoms with E-state index in [1.54, 1.807) is 29.2 Å². The summed E-state index contributed by atoms with van der Waals surface area (Å²) in [6.45, 7) is 4.10. The number of carbonyl (C=O) groups excluding carboxylic acids is 1. The average molecular weight is 678 g/mol. The lowest BCUT2D eigenvalue weighted by molar-refractivity contribution is -0.679. The number of rotatable bonds is 9. The molecular formula is C32H35F6N8O2+. The molecule has 0 radical (unpaired) electrons. The van der Waals surface area contributed by atoms with Crippen molar-refractivity contribution < 1.29 is 41.9 Å². The van der Waals surface area contributed by atoms with Crippen LogP contribution in [0, 0.1) is 0 Å². The van der Waals surface area contributed by atoms with Crippen LogP contribution in [0.2, 0.25) is 0 Å². The molecule has 10 nitrogen and oxygen atoms in total. The molecule has 3 aromatic carbocycles. The highest BCUT2D eigenvalue weighted by Gasteiger charge is 2.37. The molecule has 6 N–H and O–H groups in total. The summed E-state index contributed by atoms with van der Waals surface area (Å²) >= 11 is 0. The highest BCUT2D eigenvalue weighted by Crippen LogP contribution is 2.38. The molecule has 1 saturated carbocycles. The lowest BCUT2D eigenvalue weighted by Gasteiger charge is -2.29. The first-order chi connectivity index (χ1) is 22.8. The minimum Gasteiger partial charge on any atom is -0.342 e. The molecule has 48 heavy (non-hydrogen) atoms. The first-order valence-corrected chi connectivity index (χ1v) is 14.8. The number of tetrazole rings is 1. The topological polar surface area (TPSA) is 136 Å². The highest BCUT2D eigenvalue weighted by molar-refractivity contribution is 6.03. The van der Waals surface area contributed by atoms with E-state index in [0.717, 1.165) is 25.7 Å². The number of hydrogen-bond donors (Lipinski definition) is 4. The summed E-state index contributed by atoms with van der Waals surface area (Å²) in [4.78, 5) is 18.2. The van der Waals surface area contributed by atoms with Crippen LogP contribution in [-0.4, -0.2) is 33.6 Å². The molecule has 1 aliphatic rings. The van der Waals surface area contributed by atoms with Gasteiger partial charge in [-0.25, -0.2) is 10.7 Å². The molecule has 0 bridgehead atoms. The number of carbonyl (C=O) groups is 1. The van der Waals surface area contributed by atoms with Gasteiger partial charge in [0.2, 0.25) is 0 Å². The summed E-state index contributed by atoms with van der Waals surface area (Å²) < 4.78 is 81.0. The number of benzene rings is 3. The Morgan fingerprint density at radius 3 is 2.04 bits per heavy atom. The third-order valence-corrected chi connectivity index (χ3v) is 7.61. The second-order valence-corrected chi connectivity index (χ2v) is 11.1. The number of halogens is 6. The van der Waals surface area contributed by atoms with Gasteiger partial charge in [0.1, 0.15) is 5.82 Å². The molecule has 0 unspecified atom stereocenters. The third kappa shape index (κ3) is 9.78. The van der Waals surface area contributed by atoms with Crippen LogP contribution in [0.1, 0.15) is 70.6 Å². The fourth-order valence-corrected chi connectivity index (χ4v) is 5.30. The van der Waals surface area contributed by atoms with Crippen molar-refractivity contribution in [3.05, 3.63) is 107 Å². The largest absolute Gasteiger partial charge is 0.416 e. The Labute approximate surface area is 272 Å². The summed E-state index contributed by atoms with van der Waals surface area (Å²) in [6, 6.07) is 15.5. The van der Waals surface area contributed by atoms with Crippen molar-refractivity contribution in [2.45, 2.75) is 56.9 Å². The van der Waals surface area contributed by atoms with Gasteiger partial charge in [0.25, 0.3) is 11.9 Å². The molecule has 1 aromatic heterocycles. The summed E-state index contributed by atoms with van der Waals surface area (Å²) in [7, 11) is 1.51. The van der Waals surface area contributed by atoms with Crippen molar-refractivity contribution in [3.8, 4) is 0 Å². The smallest absolute Gasteiger partial charge is 0.342 e. The number of nitrogens with one attached hydrogen (secondary N) is 3. The number of hydrogen-bond acceptors (Lipinski definition) is 7.